The zero-order chi connectivity index (χ0) is 16.7. The van der Waals surface area contributed by atoms with Gasteiger partial charge in [0.05, 0.1) is 12.0 Å². The summed E-state index contributed by atoms with van der Waals surface area (Å²) in [6.45, 7) is 2.54. The van der Waals surface area contributed by atoms with E-state index < -0.39 is 10.0 Å². The van der Waals surface area contributed by atoms with Crippen molar-refractivity contribution in [2.24, 2.45) is 0 Å². The van der Waals surface area contributed by atoms with E-state index in [1.54, 1.807) is 12.1 Å². The standard InChI is InChI=1S/C17H21NO4S/c1-3-14-5-4-6-16(13-14)22-12-11-18-23(19,20)17-9-7-15(21-2)8-10-17/h4-10,13,18H,3,11-12H2,1-2H3. The van der Waals surface area contributed by atoms with Crippen molar-refractivity contribution in [2.45, 2.75) is 18.2 Å². The Kier molecular flexibility index (Phi) is 6.01. The fourth-order valence-corrected chi connectivity index (χ4v) is 3.05. The highest BCUT2D eigenvalue weighted by Crippen LogP contribution is 2.15. The van der Waals surface area contributed by atoms with Crippen LogP contribution in [0.15, 0.2) is 53.4 Å². The molecule has 2 rings (SSSR count). The molecule has 0 aliphatic carbocycles. The Bertz CT molecular complexity index is 727. The van der Waals surface area contributed by atoms with Crippen LogP contribution >= 0.6 is 0 Å². The lowest BCUT2D eigenvalue weighted by Crippen LogP contribution is -2.28. The molecule has 0 radical (unpaired) electrons. The van der Waals surface area contributed by atoms with Gasteiger partial charge in [-0.2, -0.15) is 0 Å². The van der Waals surface area contributed by atoms with Gasteiger partial charge in [0, 0.05) is 6.54 Å². The summed E-state index contributed by atoms with van der Waals surface area (Å²) < 4.78 is 37.4. The molecule has 0 spiro atoms. The molecule has 0 aliphatic rings. The molecule has 2 aromatic carbocycles. The van der Waals surface area contributed by atoms with Crippen LogP contribution in [0.2, 0.25) is 0 Å². The smallest absolute Gasteiger partial charge is 0.240 e. The zero-order valence-corrected chi connectivity index (χ0v) is 14.1. The molecular weight excluding hydrogens is 314 g/mol. The summed E-state index contributed by atoms with van der Waals surface area (Å²) in [5, 5.41) is 0. The first-order valence-electron chi connectivity index (χ1n) is 7.40. The molecule has 0 amide bonds. The highest BCUT2D eigenvalue weighted by Gasteiger charge is 2.13. The van der Waals surface area contributed by atoms with Crippen molar-refractivity contribution >= 4 is 10.0 Å². The van der Waals surface area contributed by atoms with E-state index in [9.17, 15) is 8.42 Å². The van der Waals surface area contributed by atoms with Gasteiger partial charge in [0.2, 0.25) is 10.0 Å². The van der Waals surface area contributed by atoms with Gasteiger partial charge in [0.15, 0.2) is 0 Å². The fourth-order valence-electron chi connectivity index (χ4n) is 2.04. The molecule has 0 heterocycles. The Morgan fingerprint density at radius 1 is 1.04 bits per heavy atom. The van der Waals surface area contributed by atoms with Crippen molar-refractivity contribution in [3.8, 4) is 11.5 Å². The Morgan fingerprint density at radius 3 is 2.43 bits per heavy atom. The molecule has 0 atom stereocenters. The van der Waals surface area contributed by atoms with Crippen LogP contribution in [0.5, 0.6) is 11.5 Å². The lowest BCUT2D eigenvalue weighted by molar-refractivity contribution is 0.322. The molecule has 0 aliphatic heterocycles. The second-order valence-corrected chi connectivity index (χ2v) is 6.69. The van der Waals surface area contributed by atoms with Gasteiger partial charge >= 0.3 is 0 Å². The van der Waals surface area contributed by atoms with Gasteiger partial charge in [-0.1, -0.05) is 19.1 Å². The lowest BCUT2D eigenvalue weighted by Gasteiger charge is -2.09. The Morgan fingerprint density at radius 2 is 1.78 bits per heavy atom. The van der Waals surface area contributed by atoms with E-state index in [1.807, 2.05) is 24.3 Å². The third-order valence-electron chi connectivity index (χ3n) is 3.34. The summed E-state index contributed by atoms with van der Waals surface area (Å²) in [5.74, 6) is 1.36. The van der Waals surface area contributed by atoms with E-state index in [0.29, 0.717) is 5.75 Å². The quantitative estimate of drug-likeness (QED) is 0.753. The molecule has 23 heavy (non-hydrogen) atoms. The molecule has 0 fully saturated rings. The van der Waals surface area contributed by atoms with Crippen LogP contribution in [0.3, 0.4) is 0 Å². The number of hydrogen-bond acceptors (Lipinski definition) is 4. The molecule has 0 saturated carbocycles. The SMILES string of the molecule is CCc1cccc(OCCNS(=O)(=O)c2ccc(OC)cc2)c1. The van der Waals surface area contributed by atoms with E-state index in [-0.39, 0.29) is 18.0 Å². The molecule has 1 N–H and O–H groups in total. The number of ether oxygens (including phenoxy) is 2. The number of methoxy groups -OCH3 is 1. The third kappa shape index (κ3) is 4.97. The van der Waals surface area contributed by atoms with Crippen molar-refractivity contribution in [3.05, 3.63) is 54.1 Å². The third-order valence-corrected chi connectivity index (χ3v) is 4.82. The minimum absolute atomic E-state index is 0.199. The second kappa shape index (κ2) is 7.99. The first-order valence-corrected chi connectivity index (χ1v) is 8.89. The molecular formula is C17H21NO4S. The number of rotatable bonds is 8. The lowest BCUT2D eigenvalue weighted by atomic mass is 10.2. The van der Waals surface area contributed by atoms with Crippen molar-refractivity contribution in [3.63, 3.8) is 0 Å². The second-order valence-electron chi connectivity index (χ2n) is 4.92. The van der Waals surface area contributed by atoms with Crippen LogP contribution in [-0.4, -0.2) is 28.7 Å². The summed E-state index contributed by atoms with van der Waals surface area (Å²) in [4.78, 5) is 0.200. The van der Waals surface area contributed by atoms with Gasteiger partial charge in [-0.15, -0.1) is 0 Å². The minimum Gasteiger partial charge on any atom is -0.497 e. The van der Waals surface area contributed by atoms with Gasteiger partial charge in [0.1, 0.15) is 18.1 Å². The molecule has 6 heteroatoms. The summed E-state index contributed by atoms with van der Waals surface area (Å²) >= 11 is 0. The zero-order valence-electron chi connectivity index (χ0n) is 13.3. The molecule has 0 bridgehead atoms. The number of benzene rings is 2. The molecule has 2 aromatic rings. The highest BCUT2D eigenvalue weighted by atomic mass is 32.2. The van der Waals surface area contributed by atoms with Crippen LogP contribution in [-0.2, 0) is 16.4 Å². The first-order chi connectivity index (χ1) is 11.0. The van der Waals surface area contributed by atoms with Gasteiger partial charge in [-0.05, 0) is 48.4 Å². The van der Waals surface area contributed by atoms with Crippen LogP contribution in [0.1, 0.15) is 12.5 Å². The molecule has 0 unspecified atom stereocenters. The first kappa shape index (κ1) is 17.3. The fraction of sp³-hybridized carbons (Fsp3) is 0.294. The van der Waals surface area contributed by atoms with Crippen LogP contribution < -0.4 is 14.2 Å². The van der Waals surface area contributed by atoms with E-state index in [4.69, 9.17) is 9.47 Å². The van der Waals surface area contributed by atoms with Crippen molar-refractivity contribution in [1.29, 1.82) is 0 Å². The predicted molar refractivity (Wildman–Crippen MR) is 89.5 cm³/mol. The summed E-state index contributed by atoms with van der Waals surface area (Å²) in [6, 6.07) is 14.0. The normalized spacial score (nSPS) is 11.2. The van der Waals surface area contributed by atoms with Gasteiger partial charge in [-0.25, -0.2) is 13.1 Å². The number of sulfonamides is 1. The predicted octanol–water partition coefficient (Wildman–Crippen LogP) is 2.61. The molecule has 0 saturated heterocycles. The van der Waals surface area contributed by atoms with E-state index in [2.05, 4.69) is 11.6 Å². The molecule has 5 nitrogen and oxygen atoms in total. The maximum Gasteiger partial charge on any atom is 0.240 e. The minimum atomic E-state index is -3.54. The summed E-state index contributed by atoms with van der Waals surface area (Å²) in [6.07, 6.45) is 0.932. The largest absolute Gasteiger partial charge is 0.497 e. The van der Waals surface area contributed by atoms with Gasteiger partial charge < -0.3 is 9.47 Å². The van der Waals surface area contributed by atoms with Crippen LogP contribution in [0.4, 0.5) is 0 Å². The van der Waals surface area contributed by atoms with Gasteiger partial charge in [0.25, 0.3) is 0 Å². The van der Waals surface area contributed by atoms with E-state index in [1.165, 1.54) is 24.8 Å². The maximum atomic E-state index is 12.1. The van der Waals surface area contributed by atoms with E-state index in [0.717, 1.165) is 12.2 Å². The van der Waals surface area contributed by atoms with Crippen LogP contribution in [0, 0.1) is 0 Å². The van der Waals surface area contributed by atoms with Gasteiger partial charge in [-0.3, -0.25) is 0 Å². The Balaban J connectivity index is 1.86. The molecule has 124 valence electrons. The number of aryl methyl sites for hydroxylation is 1. The van der Waals surface area contributed by atoms with Crippen molar-refractivity contribution < 1.29 is 17.9 Å². The average Bonchev–Trinajstić information content (AvgIpc) is 2.59. The monoisotopic (exact) mass is 335 g/mol. The summed E-state index contributed by atoms with van der Waals surface area (Å²) in [5.41, 5.74) is 1.18. The van der Waals surface area contributed by atoms with Crippen molar-refractivity contribution in [1.82, 2.24) is 4.72 Å². The highest BCUT2D eigenvalue weighted by molar-refractivity contribution is 7.89. The van der Waals surface area contributed by atoms with Crippen LogP contribution in [0.25, 0.3) is 0 Å². The Hall–Kier alpha value is -2.05. The number of nitrogens with one attached hydrogen (secondary N) is 1. The maximum absolute atomic E-state index is 12.1. The average molecular weight is 335 g/mol. The summed E-state index contributed by atoms with van der Waals surface area (Å²) in [7, 11) is -2.00. The number of hydrogen-bond donors (Lipinski definition) is 1. The molecule has 0 aromatic heterocycles. The Labute approximate surface area is 137 Å². The van der Waals surface area contributed by atoms with Crippen molar-refractivity contribution in [2.75, 3.05) is 20.3 Å². The van der Waals surface area contributed by atoms with E-state index >= 15 is 0 Å². The topological polar surface area (TPSA) is 64.6 Å².